The molecular weight excluding hydrogens is 506 g/mol. The lowest BCUT2D eigenvalue weighted by Gasteiger charge is -2.19. The molecule has 0 saturated heterocycles. The van der Waals surface area contributed by atoms with Crippen molar-refractivity contribution in [3.8, 4) is 0 Å². The predicted molar refractivity (Wildman–Crippen MR) is 179 cm³/mol. The van der Waals surface area contributed by atoms with Gasteiger partial charge in [-0.05, 0) is 70.6 Å². The van der Waals surface area contributed by atoms with Crippen LogP contribution in [-0.2, 0) is 4.79 Å². The van der Waals surface area contributed by atoms with Gasteiger partial charge in [-0.3, -0.25) is 4.79 Å². The van der Waals surface area contributed by atoms with Crippen molar-refractivity contribution in [1.29, 1.82) is 0 Å². The fourth-order valence-corrected chi connectivity index (χ4v) is 4.10. The van der Waals surface area contributed by atoms with Crippen molar-refractivity contribution in [1.82, 2.24) is 5.32 Å². The Hall–Kier alpha value is -2.43. The Labute approximate surface area is 252 Å². The number of hydrogen-bond donors (Lipinski definition) is 3. The molecule has 0 spiro atoms. The highest BCUT2D eigenvalue weighted by atomic mass is 16.3. The summed E-state index contributed by atoms with van der Waals surface area (Å²) in [6.45, 7) is 4.09. The average molecular weight is 568 g/mol. The molecule has 0 heterocycles. The molecule has 0 aliphatic rings. The van der Waals surface area contributed by atoms with E-state index >= 15 is 0 Å². The zero-order valence-electron chi connectivity index (χ0n) is 26.3. The number of carbonyl (C=O) groups excluding carboxylic acids is 1. The van der Waals surface area contributed by atoms with Crippen molar-refractivity contribution in [2.75, 3.05) is 6.61 Å². The van der Waals surface area contributed by atoms with Gasteiger partial charge in [0.2, 0.25) is 5.91 Å². The molecule has 1 amide bonds. The van der Waals surface area contributed by atoms with Gasteiger partial charge in [0.15, 0.2) is 0 Å². The fraction of sp³-hybridized carbons (Fsp3) is 0.595. The number of nitrogens with one attached hydrogen (secondary N) is 1. The summed E-state index contributed by atoms with van der Waals surface area (Å²) in [6.07, 6.45) is 46.7. The molecule has 0 fully saturated rings. The van der Waals surface area contributed by atoms with Crippen LogP contribution in [0.2, 0.25) is 0 Å². The molecule has 0 aromatic carbocycles. The second-order valence-electron chi connectivity index (χ2n) is 10.5. The first-order valence-electron chi connectivity index (χ1n) is 16.3. The van der Waals surface area contributed by atoms with Gasteiger partial charge in [0.25, 0.3) is 0 Å². The third-order valence-electron chi connectivity index (χ3n) is 6.60. The summed E-state index contributed by atoms with van der Waals surface area (Å²) >= 11 is 0. The number of aliphatic hydroxyl groups is 2. The Balaban J connectivity index is 3.91. The number of allylic oxidation sites excluding steroid dienone is 13. The number of unbranched alkanes of at least 4 members (excludes halogenated alkanes) is 8. The van der Waals surface area contributed by atoms with Crippen molar-refractivity contribution in [3.05, 3.63) is 85.1 Å². The monoisotopic (exact) mass is 567 g/mol. The van der Waals surface area contributed by atoms with Crippen LogP contribution in [-0.4, -0.2) is 34.9 Å². The largest absolute Gasteiger partial charge is 0.394 e. The van der Waals surface area contributed by atoms with E-state index in [4.69, 9.17) is 0 Å². The van der Waals surface area contributed by atoms with E-state index in [1.165, 1.54) is 44.9 Å². The lowest BCUT2D eigenvalue weighted by Crippen LogP contribution is -2.45. The molecule has 232 valence electrons. The number of aliphatic hydroxyl groups excluding tert-OH is 2. The van der Waals surface area contributed by atoms with E-state index in [0.717, 1.165) is 51.4 Å². The average Bonchev–Trinajstić information content (AvgIpc) is 2.97. The van der Waals surface area contributed by atoms with E-state index < -0.39 is 12.1 Å². The first kappa shape index (κ1) is 38.6. The number of hydrogen-bond acceptors (Lipinski definition) is 3. The minimum Gasteiger partial charge on any atom is -0.394 e. The van der Waals surface area contributed by atoms with Crippen molar-refractivity contribution < 1.29 is 15.0 Å². The van der Waals surface area contributed by atoms with Gasteiger partial charge in [0.05, 0.1) is 18.8 Å². The SMILES string of the molecule is CC/C=C\C/C=C\C/C=C\C/C=C\CCC(=O)NC(CO)C(O)/C=C/CC/C=C/CC/C=C/CCCCCCCC. The van der Waals surface area contributed by atoms with Crippen LogP contribution >= 0.6 is 0 Å². The van der Waals surface area contributed by atoms with Crippen LogP contribution in [0.4, 0.5) is 0 Å². The van der Waals surface area contributed by atoms with Crippen LogP contribution in [0.1, 0.15) is 123 Å². The third kappa shape index (κ3) is 28.9. The Morgan fingerprint density at radius 1 is 0.610 bits per heavy atom. The quantitative estimate of drug-likeness (QED) is 0.0684. The predicted octanol–water partition coefficient (Wildman–Crippen LogP) is 9.39. The summed E-state index contributed by atoms with van der Waals surface area (Å²) < 4.78 is 0. The second kappa shape index (κ2) is 32.1. The molecule has 41 heavy (non-hydrogen) atoms. The molecule has 0 aromatic rings. The minimum atomic E-state index is -0.901. The van der Waals surface area contributed by atoms with Crippen molar-refractivity contribution >= 4 is 5.91 Å². The first-order chi connectivity index (χ1) is 20.2. The Kier molecular flexibility index (Phi) is 30.2. The van der Waals surface area contributed by atoms with Gasteiger partial charge in [-0.25, -0.2) is 0 Å². The fourth-order valence-electron chi connectivity index (χ4n) is 4.10. The zero-order valence-corrected chi connectivity index (χ0v) is 26.3. The molecule has 0 aliphatic heterocycles. The Morgan fingerprint density at radius 2 is 1.10 bits per heavy atom. The number of amides is 1. The minimum absolute atomic E-state index is 0.164. The van der Waals surface area contributed by atoms with E-state index in [2.05, 4.69) is 86.0 Å². The van der Waals surface area contributed by atoms with Gasteiger partial charge in [-0.15, -0.1) is 0 Å². The van der Waals surface area contributed by atoms with Gasteiger partial charge in [0.1, 0.15) is 0 Å². The van der Waals surface area contributed by atoms with Gasteiger partial charge in [0, 0.05) is 6.42 Å². The summed E-state index contributed by atoms with van der Waals surface area (Å²) in [5.74, 6) is -0.164. The molecule has 2 unspecified atom stereocenters. The van der Waals surface area contributed by atoms with Crippen LogP contribution < -0.4 is 5.32 Å². The maximum absolute atomic E-state index is 12.2. The van der Waals surface area contributed by atoms with Crippen LogP contribution in [0, 0.1) is 0 Å². The van der Waals surface area contributed by atoms with Gasteiger partial charge < -0.3 is 15.5 Å². The zero-order chi connectivity index (χ0) is 30.1. The molecule has 0 radical (unpaired) electrons. The highest BCUT2D eigenvalue weighted by molar-refractivity contribution is 5.76. The van der Waals surface area contributed by atoms with Crippen molar-refractivity contribution in [2.24, 2.45) is 0 Å². The van der Waals surface area contributed by atoms with Crippen LogP contribution in [0.3, 0.4) is 0 Å². The number of carbonyl (C=O) groups is 1. The maximum Gasteiger partial charge on any atom is 0.220 e. The second-order valence-corrected chi connectivity index (χ2v) is 10.5. The molecule has 4 heteroatoms. The molecule has 3 N–H and O–H groups in total. The summed E-state index contributed by atoms with van der Waals surface area (Å²) in [4.78, 5) is 12.2. The highest BCUT2D eigenvalue weighted by Crippen LogP contribution is 2.08. The van der Waals surface area contributed by atoms with E-state index in [1.807, 2.05) is 12.2 Å². The smallest absolute Gasteiger partial charge is 0.220 e. The summed E-state index contributed by atoms with van der Waals surface area (Å²) in [5.41, 5.74) is 0. The normalized spacial score (nSPS) is 14.3. The lowest BCUT2D eigenvalue weighted by atomic mass is 10.1. The highest BCUT2D eigenvalue weighted by Gasteiger charge is 2.17. The van der Waals surface area contributed by atoms with Gasteiger partial charge >= 0.3 is 0 Å². The topological polar surface area (TPSA) is 69.6 Å². The van der Waals surface area contributed by atoms with Crippen LogP contribution in [0.25, 0.3) is 0 Å². The lowest BCUT2D eigenvalue weighted by molar-refractivity contribution is -0.122. The summed E-state index contributed by atoms with van der Waals surface area (Å²) in [6, 6.07) is -0.685. The first-order valence-corrected chi connectivity index (χ1v) is 16.3. The van der Waals surface area contributed by atoms with E-state index in [-0.39, 0.29) is 12.5 Å². The standard InChI is InChI=1S/C37H61NO3/c1-3-5-7-9-11-13-15-17-18-19-21-22-24-26-28-30-32-36(40)35(34-39)38-37(41)33-31-29-27-25-23-20-16-14-12-10-8-6-4-2/h6,8,12,14,17-18,20,22-24,27,29-30,32,35-36,39-40H,3-5,7,9-11,13,15-16,19,21,25-26,28,31,33-34H2,1-2H3,(H,38,41)/b8-6-,14-12-,18-17+,23-20-,24-22+,29-27-,32-30+. The van der Waals surface area contributed by atoms with Crippen LogP contribution in [0.5, 0.6) is 0 Å². The van der Waals surface area contributed by atoms with Gasteiger partial charge in [-0.2, -0.15) is 0 Å². The van der Waals surface area contributed by atoms with Crippen molar-refractivity contribution in [3.63, 3.8) is 0 Å². The molecular formula is C37H61NO3. The molecule has 0 saturated carbocycles. The van der Waals surface area contributed by atoms with E-state index in [9.17, 15) is 15.0 Å². The molecule has 2 atom stereocenters. The molecule has 0 aliphatic carbocycles. The van der Waals surface area contributed by atoms with Gasteiger partial charge in [-0.1, -0.05) is 131 Å². The molecule has 0 rings (SSSR count). The van der Waals surface area contributed by atoms with Crippen LogP contribution in [0.15, 0.2) is 85.1 Å². The number of rotatable bonds is 27. The molecule has 0 bridgehead atoms. The Bertz CT molecular complexity index is 788. The maximum atomic E-state index is 12.2. The Morgan fingerprint density at radius 3 is 1.68 bits per heavy atom. The summed E-state index contributed by atoms with van der Waals surface area (Å²) in [7, 11) is 0. The van der Waals surface area contributed by atoms with E-state index in [1.54, 1.807) is 6.08 Å². The van der Waals surface area contributed by atoms with Crippen molar-refractivity contribution in [2.45, 2.75) is 135 Å². The summed E-state index contributed by atoms with van der Waals surface area (Å²) in [5, 5.41) is 22.7. The third-order valence-corrected chi connectivity index (χ3v) is 6.60. The van der Waals surface area contributed by atoms with E-state index in [0.29, 0.717) is 12.8 Å². The molecule has 0 aromatic heterocycles. The molecule has 4 nitrogen and oxygen atoms in total.